The predicted octanol–water partition coefficient (Wildman–Crippen LogP) is 5.14. The van der Waals surface area contributed by atoms with E-state index in [4.69, 9.17) is 35.3 Å². The maximum atomic E-state index is 12.3. The van der Waals surface area contributed by atoms with E-state index in [1.165, 1.54) is 12.1 Å². The van der Waals surface area contributed by atoms with E-state index >= 15 is 0 Å². The number of carbonyl (C=O) groups is 3. The summed E-state index contributed by atoms with van der Waals surface area (Å²) in [6.45, 7) is 11.6. The molecule has 0 saturated heterocycles. The fraction of sp³-hybridized carbons (Fsp3) is 0.526. The van der Waals surface area contributed by atoms with E-state index in [-0.39, 0.29) is 28.7 Å². The fourth-order valence-electron chi connectivity index (χ4n) is 1.82. The van der Waals surface area contributed by atoms with Crippen molar-refractivity contribution in [2.24, 2.45) is 0 Å². The van der Waals surface area contributed by atoms with Crippen molar-refractivity contribution < 1.29 is 38.1 Å². The van der Waals surface area contributed by atoms with Gasteiger partial charge in [-0.15, -0.1) is 0 Å². The maximum absolute atomic E-state index is 12.3. The van der Waals surface area contributed by atoms with Crippen LogP contribution in [0.25, 0.3) is 0 Å². The van der Waals surface area contributed by atoms with Crippen LogP contribution in [0.5, 0.6) is 11.5 Å². The largest absolute Gasteiger partial charge is 0.514 e. The number of benzene rings is 1. The third-order valence-corrected chi connectivity index (χ3v) is 3.09. The molecule has 0 aliphatic carbocycles. The van der Waals surface area contributed by atoms with Crippen LogP contribution in [0.1, 0.15) is 58.8 Å². The molecule has 0 unspecified atom stereocenters. The van der Waals surface area contributed by atoms with E-state index in [1.807, 2.05) is 0 Å². The first kappa shape index (κ1) is 23.6. The molecule has 0 radical (unpaired) electrons. The summed E-state index contributed by atoms with van der Waals surface area (Å²) in [4.78, 5) is 36.1. The van der Waals surface area contributed by atoms with Crippen molar-refractivity contribution in [3.8, 4) is 11.5 Å². The number of ether oxygens (including phenoxy) is 5. The normalized spacial score (nSPS) is 11.4. The van der Waals surface area contributed by atoms with Gasteiger partial charge in [0.1, 0.15) is 21.8 Å². The Hall–Kier alpha value is -2.48. The molecule has 1 rings (SSSR count). The summed E-state index contributed by atoms with van der Waals surface area (Å²) in [5.74, 6) is -1.22. The summed E-state index contributed by atoms with van der Waals surface area (Å²) < 4.78 is 25.2. The second-order valence-corrected chi connectivity index (χ2v) is 7.98. The summed E-state index contributed by atoms with van der Waals surface area (Å²) in [7, 11) is 0. The first-order valence-electron chi connectivity index (χ1n) is 8.54. The average Bonchev–Trinajstić information content (AvgIpc) is 2.46. The molecule has 28 heavy (non-hydrogen) atoms. The number of esters is 1. The smallest absolute Gasteiger partial charge is 0.462 e. The van der Waals surface area contributed by atoms with Crippen molar-refractivity contribution in [2.75, 3.05) is 6.61 Å². The lowest BCUT2D eigenvalue weighted by Gasteiger charge is -2.20. The molecule has 0 aromatic heterocycles. The molecule has 1 aromatic carbocycles. The molecule has 0 amide bonds. The van der Waals surface area contributed by atoms with Crippen molar-refractivity contribution in [3.63, 3.8) is 0 Å². The molecule has 0 aliphatic heterocycles. The highest BCUT2D eigenvalue weighted by atomic mass is 35.5. The van der Waals surface area contributed by atoms with Gasteiger partial charge < -0.3 is 23.7 Å². The van der Waals surface area contributed by atoms with Gasteiger partial charge in [0.05, 0.1) is 6.61 Å². The van der Waals surface area contributed by atoms with Crippen LogP contribution in [-0.4, -0.2) is 36.1 Å². The molecular formula is C19H25ClO8. The lowest BCUT2D eigenvalue weighted by Crippen LogP contribution is -2.27. The van der Waals surface area contributed by atoms with Crippen LogP contribution in [0.15, 0.2) is 12.1 Å². The monoisotopic (exact) mass is 416 g/mol. The first-order valence-corrected chi connectivity index (χ1v) is 8.92. The second-order valence-electron chi connectivity index (χ2n) is 7.60. The van der Waals surface area contributed by atoms with Gasteiger partial charge >= 0.3 is 18.3 Å². The molecule has 0 fully saturated rings. The fourth-order valence-corrected chi connectivity index (χ4v) is 2.09. The predicted molar refractivity (Wildman–Crippen MR) is 101 cm³/mol. The van der Waals surface area contributed by atoms with Gasteiger partial charge in [-0.3, -0.25) is 0 Å². The van der Waals surface area contributed by atoms with Gasteiger partial charge in [0.2, 0.25) is 0 Å². The molecule has 9 heteroatoms. The molecule has 8 nitrogen and oxygen atoms in total. The summed E-state index contributed by atoms with van der Waals surface area (Å²) in [6.07, 6.45) is -2.04. The Kier molecular flexibility index (Phi) is 7.69. The Labute approximate surface area is 169 Å². The summed E-state index contributed by atoms with van der Waals surface area (Å²) in [5.41, 5.74) is -1.87. The van der Waals surface area contributed by atoms with Crippen LogP contribution < -0.4 is 9.47 Å². The third kappa shape index (κ3) is 7.64. The van der Waals surface area contributed by atoms with Gasteiger partial charge in [-0.2, -0.15) is 0 Å². The quantitative estimate of drug-likeness (QED) is 0.378. The van der Waals surface area contributed by atoms with Gasteiger partial charge in [0, 0.05) is 0 Å². The molecule has 0 spiro atoms. The molecule has 0 heterocycles. The van der Waals surface area contributed by atoms with Gasteiger partial charge in [0.25, 0.3) is 0 Å². The van der Waals surface area contributed by atoms with Gasteiger partial charge in [0.15, 0.2) is 11.5 Å². The molecule has 1 aromatic rings. The molecular weight excluding hydrogens is 392 g/mol. The molecule has 0 aliphatic rings. The van der Waals surface area contributed by atoms with Crippen LogP contribution >= 0.6 is 11.6 Å². The zero-order chi connectivity index (χ0) is 21.7. The highest BCUT2D eigenvalue weighted by Crippen LogP contribution is 2.36. The molecule has 0 atom stereocenters. The van der Waals surface area contributed by atoms with Gasteiger partial charge in [-0.05, 0) is 60.6 Å². The van der Waals surface area contributed by atoms with Crippen molar-refractivity contribution in [1.29, 1.82) is 0 Å². The number of rotatable bonds is 4. The van der Waals surface area contributed by atoms with E-state index in [9.17, 15) is 14.4 Å². The van der Waals surface area contributed by atoms with Gasteiger partial charge in [-0.1, -0.05) is 11.6 Å². The Bertz CT molecular complexity index is 744. The van der Waals surface area contributed by atoms with Crippen molar-refractivity contribution in [2.45, 2.75) is 59.7 Å². The summed E-state index contributed by atoms with van der Waals surface area (Å²) in [6, 6.07) is 2.50. The third-order valence-electron chi connectivity index (χ3n) is 2.71. The highest BCUT2D eigenvalue weighted by molar-refractivity contribution is 6.35. The van der Waals surface area contributed by atoms with E-state index in [0.717, 1.165) is 0 Å². The SMILES string of the molecule is CCOC(=O)c1c(OC(=O)OC(C)(C)C)ccc(OC(=O)OC(C)(C)C)c1Cl. The summed E-state index contributed by atoms with van der Waals surface area (Å²) in [5, 5.41) is -0.273. The highest BCUT2D eigenvalue weighted by Gasteiger charge is 2.27. The standard InChI is InChI=1S/C19H25ClO8/c1-8-24-15(21)13-11(25-16(22)27-18(2,3)4)9-10-12(14(13)20)26-17(23)28-19(5,6)7/h9-10H,8H2,1-7H3. The number of hydrogen-bond donors (Lipinski definition) is 0. The van der Waals surface area contributed by atoms with E-state index in [0.29, 0.717) is 0 Å². The minimum absolute atomic E-state index is 0.0538. The molecule has 0 saturated carbocycles. The van der Waals surface area contributed by atoms with Gasteiger partial charge in [-0.25, -0.2) is 14.4 Å². The van der Waals surface area contributed by atoms with Crippen LogP contribution in [0, 0.1) is 0 Å². The molecule has 0 N–H and O–H groups in total. The molecule has 0 bridgehead atoms. The minimum Gasteiger partial charge on any atom is -0.462 e. The topological polar surface area (TPSA) is 97.4 Å². The Morgan fingerprint density at radius 2 is 1.29 bits per heavy atom. The number of hydrogen-bond acceptors (Lipinski definition) is 8. The zero-order valence-electron chi connectivity index (χ0n) is 17.0. The van der Waals surface area contributed by atoms with Crippen LogP contribution in [0.2, 0.25) is 5.02 Å². The van der Waals surface area contributed by atoms with Crippen LogP contribution in [-0.2, 0) is 14.2 Å². The van der Waals surface area contributed by atoms with Crippen molar-refractivity contribution in [3.05, 3.63) is 22.7 Å². The maximum Gasteiger partial charge on any atom is 0.514 e. The molecule has 156 valence electrons. The lowest BCUT2D eigenvalue weighted by molar-refractivity contribution is 0.0181. The van der Waals surface area contributed by atoms with Crippen molar-refractivity contribution >= 4 is 29.9 Å². The lowest BCUT2D eigenvalue weighted by atomic mass is 10.2. The summed E-state index contributed by atoms with van der Waals surface area (Å²) >= 11 is 6.21. The van der Waals surface area contributed by atoms with Crippen LogP contribution in [0.3, 0.4) is 0 Å². The Morgan fingerprint density at radius 3 is 1.71 bits per heavy atom. The zero-order valence-corrected chi connectivity index (χ0v) is 17.8. The Morgan fingerprint density at radius 1 is 0.857 bits per heavy atom. The Balaban J connectivity index is 3.21. The average molecular weight is 417 g/mol. The number of halogens is 1. The minimum atomic E-state index is -1.03. The first-order chi connectivity index (χ1) is 12.7. The van der Waals surface area contributed by atoms with Crippen molar-refractivity contribution in [1.82, 2.24) is 0 Å². The number of carbonyl (C=O) groups excluding carboxylic acids is 3. The van der Waals surface area contributed by atoms with E-state index in [2.05, 4.69) is 0 Å². The second kappa shape index (κ2) is 9.14. The van der Waals surface area contributed by atoms with Crippen LogP contribution in [0.4, 0.5) is 9.59 Å². The van der Waals surface area contributed by atoms with E-state index < -0.39 is 29.5 Å². The van der Waals surface area contributed by atoms with E-state index in [1.54, 1.807) is 48.5 Å².